The van der Waals surface area contributed by atoms with Gasteiger partial charge in [0.25, 0.3) is 5.69 Å². The van der Waals surface area contributed by atoms with Gasteiger partial charge in [0.05, 0.1) is 11.0 Å². The number of nitrogens with one attached hydrogen (secondary N) is 2. The van der Waals surface area contributed by atoms with Gasteiger partial charge >= 0.3 is 0 Å². The van der Waals surface area contributed by atoms with Gasteiger partial charge in [-0.25, -0.2) is 0 Å². The third-order valence-electron chi connectivity index (χ3n) is 3.30. The minimum Gasteiger partial charge on any atom is -0.508 e. The molecule has 0 amide bonds. The van der Waals surface area contributed by atoms with Crippen LogP contribution in [0, 0.1) is 10.1 Å². The van der Waals surface area contributed by atoms with Gasteiger partial charge in [-0.15, -0.1) is 0 Å². The summed E-state index contributed by atoms with van der Waals surface area (Å²) in [6.07, 6.45) is -0.659. The van der Waals surface area contributed by atoms with E-state index in [0.717, 1.165) is 5.56 Å². The fraction of sp³-hybridized carbons (Fsp3) is 0.250. The van der Waals surface area contributed by atoms with E-state index in [0.29, 0.717) is 25.3 Å². The second-order valence-corrected chi connectivity index (χ2v) is 5.05. The summed E-state index contributed by atoms with van der Waals surface area (Å²) in [6, 6.07) is 12.7. The maximum Gasteiger partial charge on any atom is 0.271 e. The van der Waals surface area contributed by atoms with Crippen molar-refractivity contribution in [2.24, 2.45) is 0 Å². The predicted octanol–water partition coefficient (Wildman–Crippen LogP) is 2.04. The first-order chi connectivity index (χ1) is 11.1. The third kappa shape index (κ3) is 5.24. The molecule has 0 aliphatic heterocycles. The number of hydrogen-bond acceptors (Lipinski definition) is 6. The fourth-order valence-electron chi connectivity index (χ4n) is 2.08. The molecule has 7 nitrogen and oxygen atoms in total. The summed E-state index contributed by atoms with van der Waals surface area (Å²) in [4.78, 5) is 10.2. The molecule has 0 radical (unpaired) electrons. The number of nitro groups is 1. The van der Waals surface area contributed by atoms with Crippen molar-refractivity contribution in [1.29, 1.82) is 0 Å². The highest BCUT2D eigenvalue weighted by atomic mass is 16.6. The van der Waals surface area contributed by atoms with E-state index in [1.165, 1.54) is 24.3 Å². The number of phenols is 1. The van der Waals surface area contributed by atoms with Gasteiger partial charge in [-0.3, -0.25) is 10.1 Å². The molecule has 0 saturated heterocycles. The second kappa shape index (κ2) is 8.11. The Bertz CT molecular complexity index is 646. The Labute approximate surface area is 133 Å². The molecule has 0 aromatic heterocycles. The van der Waals surface area contributed by atoms with Crippen LogP contribution in [0.4, 0.5) is 11.4 Å². The van der Waals surface area contributed by atoms with Crippen LogP contribution in [0.15, 0.2) is 48.5 Å². The molecule has 23 heavy (non-hydrogen) atoms. The van der Waals surface area contributed by atoms with Crippen LogP contribution in [0.2, 0.25) is 0 Å². The largest absolute Gasteiger partial charge is 0.508 e. The standard InChI is InChI=1S/C16H19N3O4/c20-15-6-4-12(5-7-15)16(21)11-17-8-9-18-13-2-1-3-14(10-13)19(22)23/h1-7,10,16-18,20-21H,8-9,11H2. The number of anilines is 1. The molecule has 1 atom stereocenters. The van der Waals surface area contributed by atoms with Crippen molar-refractivity contribution >= 4 is 11.4 Å². The highest BCUT2D eigenvalue weighted by molar-refractivity contribution is 5.50. The Morgan fingerprint density at radius 1 is 1.13 bits per heavy atom. The van der Waals surface area contributed by atoms with E-state index in [9.17, 15) is 20.3 Å². The molecule has 0 aliphatic rings. The Hall–Kier alpha value is -2.64. The lowest BCUT2D eigenvalue weighted by Gasteiger charge is -2.13. The first-order valence-corrected chi connectivity index (χ1v) is 7.22. The number of nitro benzene ring substituents is 1. The highest BCUT2D eigenvalue weighted by Gasteiger charge is 2.07. The van der Waals surface area contributed by atoms with E-state index < -0.39 is 11.0 Å². The van der Waals surface area contributed by atoms with E-state index in [2.05, 4.69) is 10.6 Å². The van der Waals surface area contributed by atoms with Gasteiger partial charge < -0.3 is 20.8 Å². The number of aliphatic hydroxyl groups excluding tert-OH is 1. The molecule has 7 heteroatoms. The molecule has 4 N–H and O–H groups in total. The highest BCUT2D eigenvalue weighted by Crippen LogP contribution is 2.17. The van der Waals surface area contributed by atoms with Crippen molar-refractivity contribution in [3.05, 3.63) is 64.2 Å². The van der Waals surface area contributed by atoms with Gasteiger partial charge in [-0.2, -0.15) is 0 Å². The number of phenolic OH excluding ortho intramolecular Hbond substituents is 1. The summed E-state index contributed by atoms with van der Waals surface area (Å²) in [7, 11) is 0. The second-order valence-electron chi connectivity index (χ2n) is 5.05. The number of nitrogens with zero attached hydrogens (tertiary/aromatic N) is 1. The van der Waals surface area contributed by atoms with Crippen molar-refractivity contribution in [1.82, 2.24) is 5.32 Å². The van der Waals surface area contributed by atoms with Crippen LogP contribution < -0.4 is 10.6 Å². The first-order valence-electron chi connectivity index (χ1n) is 7.22. The van der Waals surface area contributed by atoms with Crippen LogP contribution in [0.1, 0.15) is 11.7 Å². The van der Waals surface area contributed by atoms with Crippen LogP contribution in [0.5, 0.6) is 5.75 Å². The summed E-state index contributed by atoms with van der Waals surface area (Å²) in [6.45, 7) is 1.54. The Morgan fingerprint density at radius 3 is 2.57 bits per heavy atom. The molecule has 0 fully saturated rings. The maximum atomic E-state index is 10.7. The number of aliphatic hydroxyl groups is 1. The lowest BCUT2D eigenvalue weighted by Crippen LogP contribution is -2.26. The van der Waals surface area contributed by atoms with Crippen LogP contribution in [0.3, 0.4) is 0 Å². The minimum absolute atomic E-state index is 0.0470. The van der Waals surface area contributed by atoms with Crippen LogP contribution >= 0.6 is 0 Å². The summed E-state index contributed by atoms with van der Waals surface area (Å²) in [5, 5.41) is 36.0. The lowest BCUT2D eigenvalue weighted by atomic mass is 10.1. The van der Waals surface area contributed by atoms with E-state index in [-0.39, 0.29) is 11.4 Å². The van der Waals surface area contributed by atoms with Crippen molar-refractivity contribution in [3.8, 4) is 5.75 Å². The van der Waals surface area contributed by atoms with Crippen molar-refractivity contribution < 1.29 is 15.1 Å². The van der Waals surface area contributed by atoms with Gasteiger partial charge in [0.2, 0.25) is 0 Å². The number of benzene rings is 2. The smallest absolute Gasteiger partial charge is 0.271 e. The van der Waals surface area contributed by atoms with Gasteiger partial charge in [0, 0.05) is 37.5 Å². The molecule has 122 valence electrons. The number of rotatable bonds is 8. The zero-order valence-electron chi connectivity index (χ0n) is 12.5. The Morgan fingerprint density at radius 2 is 1.87 bits per heavy atom. The molecule has 0 spiro atoms. The monoisotopic (exact) mass is 317 g/mol. The quantitative estimate of drug-likeness (QED) is 0.337. The van der Waals surface area contributed by atoms with E-state index >= 15 is 0 Å². The topological polar surface area (TPSA) is 108 Å². The predicted molar refractivity (Wildman–Crippen MR) is 87.5 cm³/mol. The number of non-ortho nitro benzene ring substituents is 1. The van der Waals surface area contributed by atoms with Crippen LogP contribution in [0.25, 0.3) is 0 Å². The molecule has 0 saturated carbocycles. The number of hydrogen-bond donors (Lipinski definition) is 4. The molecule has 0 aliphatic carbocycles. The number of aromatic hydroxyl groups is 1. The summed E-state index contributed by atoms with van der Waals surface area (Å²) in [5.41, 5.74) is 1.45. The maximum absolute atomic E-state index is 10.7. The van der Waals surface area contributed by atoms with Gasteiger partial charge in [-0.05, 0) is 23.8 Å². The van der Waals surface area contributed by atoms with E-state index in [1.54, 1.807) is 24.3 Å². The summed E-state index contributed by atoms with van der Waals surface area (Å²) >= 11 is 0. The average molecular weight is 317 g/mol. The molecular formula is C16H19N3O4. The Balaban J connectivity index is 1.70. The molecule has 2 aromatic carbocycles. The molecule has 0 bridgehead atoms. The molecular weight excluding hydrogens is 298 g/mol. The Kier molecular flexibility index (Phi) is 5.90. The van der Waals surface area contributed by atoms with Crippen molar-refractivity contribution in [3.63, 3.8) is 0 Å². The molecule has 0 heterocycles. The normalized spacial score (nSPS) is 11.9. The van der Waals surface area contributed by atoms with E-state index in [4.69, 9.17) is 0 Å². The minimum atomic E-state index is -0.659. The lowest BCUT2D eigenvalue weighted by molar-refractivity contribution is -0.384. The zero-order valence-corrected chi connectivity index (χ0v) is 12.5. The summed E-state index contributed by atoms with van der Waals surface area (Å²) < 4.78 is 0. The SMILES string of the molecule is O=[N+]([O-])c1cccc(NCCNCC(O)c2ccc(O)cc2)c1. The molecule has 2 aromatic rings. The van der Waals surface area contributed by atoms with Crippen LogP contribution in [-0.4, -0.2) is 34.8 Å². The van der Waals surface area contributed by atoms with Crippen molar-refractivity contribution in [2.45, 2.75) is 6.10 Å². The van der Waals surface area contributed by atoms with Gasteiger partial charge in [-0.1, -0.05) is 18.2 Å². The molecule has 1 unspecified atom stereocenters. The average Bonchev–Trinajstić information content (AvgIpc) is 2.55. The third-order valence-corrected chi connectivity index (χ3v) is 3.30. The fourth-order valence-corrected chi connectivity index (χ4v) is 2.08. The van der Waals surface area contributed by atoms with Crippen molar-refractivity contribution in [2.75, 3.05) is 25.0 Å². The first kappa shape index (κ1) is 16.7. The zero-order chi connectivity index (χ0) is 16.7. The van der Waals surface area contributed by atoms with E-state index in [1.807, 2.05) is 0 Å². The van der Waals surface area contributed by atoms with Gasteiger partial charge in [0.1, 0.15) is 5.75 Å². The van der Waals surface area contributed by atoms with Crippen LogP contribution in [-0.2, 0) is 0 Å². The van der Waals surface area contributed by atoms with Gasteiger partial charge in [0.15, 0.2) is 0 Å². The molecule has 2 rings (SSSR count). The summed E-state index contributed by atoms with van der Waals surface area (Å²) in [5.74, 6) is 0.162.